The van der Waals surface area contributed by atoms with E-state index in [2.05, 4.69) is 32.4 Å². The van der Waals surface area contributed by atoms with Crippen molar-refractivity contribution in [1.29, 1.82) is 0 Å². The van der Waals surface area contributed by atoms with Crippen molar-refractivity contribution in [1.82, 2.24) is 20.8 Å². The third kappa shape index (κ3) is 1.72. The van der Waals surface area contributed by atoms with E-state index in [1.165, 1.54) is 0 Å². The van der Waals surface area contributed by atoms with E-state index in [4.69, 9.17) is 0 Å². The molecule has 2 aliphatic heterocycles. The molecule has 2 aliphatic rings. The minimum atomic E-state index is -0.478. The van der Waals surface area contributed by atoms with Gasteiger partial charge in [0.05, 0.1) is 17.1 Å². The largest absolute Gasteiger partial charge is 0.327 e. The van der Waals surface area contributed by atoms with Crippen molar-refractivity contribution in [2.45, 2.75) is 12.5 Å². The van der Waals surface area contributed by atoms with Crippen LogP contribution in [0.4, 0.5) is 5.69 Å². The average Bonchev–Trinajstić information content (AvgIpc) is 2.75. The van der Waals surface area contributed by atoms with Crippen LogP contribution in [0.5, 0.6) is 0 Å². The number of amides is 1. The molecule has 0 spiro atoms. The molecule has 0 bridgehead atoms. The number of carbonyl (C=O) groups is 1. The molecule has 1 fully saturated rings. The number of hydrogen-bond donors (Lipinski definition) is 2. The summed E-state index contributed by atoms with van der Waals surface area (Å²) in [6.45, 7) is 4.24. The number of rotatable bonds is 1. The highest BCUT2D eigenvalue weighted by Crippen LogP contribution is 2.24. The second kappa shape index (κ2) is 3.74. The molecule has 17 heavy (non-hydrogen) atoms. The van der Waals surface area contributed by atoms with Gasteiger partial charge < -0.3 is 5.32 Å². The molecule has 6 heteroatoms. The number of piperazine rings is 1. The zero-order chi connectivity index (χ0) is 11.8. The lowest BCUT2D eigenvalue weighted by Gasteiger charge is -2.24. The van der Waals surface area contributed by atoms with E-state index in [-0.39, 0.29) is 5.91 Å². The fourth-order valence-electron chi connectivity index (χ4n) is 1.90. The Morgan fingerprint density at radius 2 is 2.29 bits per heavy atom. The van der Waals surface area contributed by atoms with E-state index in [1.807, 2.05) is 0 Å². The molecule has 3 rings (SSSR count). The fraction of sp³-hybridized carbons (Fsp3) is 0.273. The van der Waals surface area contributed by atoms with Gasteiger partial charge in [0.2, 0.25) is 5.91 Å². The first kappa shape index (κ1) is 10.1. The van der Waals surface area contributed by atoms with E-state index in [0.29, 0.717) is 24.4 Å². The Kier molecular flexibility index (Phi) is 2.22. The number of nitrogens with zero attached hydrogens (tertiary/aromatic N) is 3. The van der Waals surface area contributed by atoms with Crippen LogP contribution in [0.3, 0.4) is 0 Å². The molecule has 1 amide bonds. The van der Waals surface area contributed by atoms with Crippen molar-refractivity contribution < 1.29 is 4.79 Å². The van der Waals surface area contributed by atoms with Gasteiger partial charge in [0, 0.05) is 24.9 Å². The minimum Gasteiger partial charge on any atom is -0.327 e. The minimum absolute atomic E-state index is 0.155. The highest BCUT2D eigenvalue weighted by atomic mass is 16.2. The fourth-order valence-corrected chi connectivity index (χ4v) is 1.90. The molecule has 0 saturated carbocycles. The topological polar surface area (TPSA) is 79.3 Å². The zero-order valence-corrected chi connectivity index (χ0v) is 9.10. The van der Waals surface area contributed by atoms with Crippen molar-refractivity contribution in [2.75, 3.05) is 6.54 Å². The zero-order valence-electron chi connectivity index (χ0n) is 9.10. The summed E-state index contributed by atoms with van der Waals surface area (Å²) in [5.74, 6) is -0.155. The van der Waals surface area contributed by atoms with E-state index < -0.39 is 6.04 Å². The predicted molar refractivity (Wildman–Crippen MR) is 61.9 cm³/mol. The molecule has 1 atom stereocenters. The standard InChI is InChI=1S/C11H11N5O/c1-6-5-13-10(11(17)14-6)9-4-8-7(15-16-9)2-3-12-8/h3-4,10,13H,1-2,5H2,(H,14,17). The maximum atomic E-state index is 11.8. The monoisotopic (exact) mass is 229 g/mol. The summed E-state index contributed by atoms with van der Waals surface area (Å²) in [7, 11) is 0. The first-order valence-corrected chi connectivity index (χ1v) is 5.35. The summed E-state index contributed by atoms with van der Waals surface area (Å²) in [6, 6.07) is 1.33. The van der Waals surface area contributed by atoms with Gasteiger partial charge >= 0.3 is 0 Å². The Hall–Kier alpha value is -2.08. The third-order valence-electron chi connectivity index (χ3n) is 2.76. The maximum Gasteiger partial charge on any atom is 0.247 e. The van der Waals surface area contributed by atoms with Gasteiger partial charge in [-0.15, -0.1) is 0 Å². The van der Waals surface area contributed by atoms with Gasteiger partial charge in [-0.3, -0.25) is 15.1 Å². The van der Waals surface area contributed by atoms with E-state index in [9.17, 15) is 4.79 Å². The number of hydrogen-bond acceptors (Lipinski definition) is 5. The smallest absolute Gasteiger partial charge is 0.247 e. The van der Waals surface area contributed by atoms with Crippen LogP contribution in [0, 0.1) is 0 Å². The van der Waals surface area contributed by atoms with Crippen LogP contribution in [0.2, 0.25) is 0 Å². The lowest BCUT2D eigenvalue weighted by atomic mass is 10.1. The lowest BCUT2D eigenvalue weighted by Crippen LogP contribution is -2.45. The molecular weight excluding hydrogens is 218 g/mol. The number of carbonyl (C=O) groups excluding carboxylic acids is 1. The van der Waals surface area contributed by atoms with Gasteiger partial charge in [-0.05, 0) is 6.07 Å². The van der Waals surface area contributed by atoms with Crippen molar-refractivity contribution in [2.24, 2.45) is 4.99 Å². The van der Waals surface area contributed by atoms with Crippen LogP contribution < -0.4 is 10.6 Å². The summed E-state index contributed by atoms with van der Waals surface area (Å²) in [5.41, 5.74) is 2.91. The molecule has 1 unspecified atom stereocenters. The Morgan fingerprint density at radius 1 is 1.41 bits per heavy atom. The van der Waals surface area contributed by atoms with Crippen LogP contribution >= 0.6 is 0 Å². The van der Waals surface area contributed by atoms with Crippen LogP contribution in [-0.2, 0) is 11.2 Å². The molecule has 86 valence electrons. The number of aromatic nitrogens is 2. The third-order valence-corrected chi connectivity index (χ3v) is 2.76. The Labute approximate surface area is 97.8 Å². The summed E-state index contributed by atoms with van der Waals surface area (Å²) in [6.07, 6.45) is 2.50. The molecular formula is C11H11N5O. The number of aliphatic imine (C=N–C) groups is 1. The highest BCUT2D eigenvalue weighted by molar-refractivity contribution is 5.85. The molecule has 0 radical (unpaired) electrons. The molecule has 0 aromatic carbocycles. The number of fused-ring (bicyclic) bond motifs is 1. The Morgan fingerprint density at radius 3 is 3.12 bits per heavy atom. The predicted octanol–water partition coefficient (Wildman–Crippen LogP) is 0.00920. The Balaban J connectivity index is 1.91. The summed E-state index contributed by atoms with van der Waals surface area (Å²) >= 11 is 0. The van der Waals surface area contributed by atoms with Gasteiger partial charge in [0.15, 0.2) is 0 Å². The molecule has 2 N–H and O–H groups in total. The molecule has 1 aromatic heterocycles. The van der Waals surface area contributed by atoms with Gasteiger partial charge in [-0.25, -0.2) is 0 Å². The number of nitrogens with one attached hydrogen (secondary N) is 2. The summed E-state index contributed by atoms with van der Waals surface area (Å²) in [4.78, 5) is 16.0. The normalized spacial score (nSPS) is 22.5. The van der Waals surface area contributed by atoms with Crippen LogP contribution in [0.15, 0.2) is 23.3 Å². The molecule has 6 nitrogen and oxygen atoms in total. The first-order valence-electron chi connectivity index (χ1n) is 5.35. The second-order valence-corrected chi connectivity index (χ2v) is 4.02. The van der Waals surface area contributed by atoms with E-state index in [1.54, 1.807) is 12.3 Å². The van der Waals surface area contributed by atoms with Crippen molar-refractivity contribution in [3.8, 4) is 0 Å². The van der Waals surface area contributed by atoms with Gasteiger partial charge in [-0.1, -0.05) is 6.58 Å². The quantitative estimate of drug-likeness (QED) is 0.711. The SMILES string of the molecule is C=C1CNC(c2cc3c(nn2)CC=N3)C(=O)N1. The van der Waals surface area contributed by atoms with E-state index >= 15 is 0 Å². The van der Waals surface area contributed by atoms with Crippen LogP contribution in [-0.4, -0.2) is 28.9 Å². The van der Waals surface area contributed by atoms with Crippen LogP contribution in [0.25, 0.3) is 0 Å². The van der Waals surface area contributed by atoms with Gasteiger partial charge in [0.25, 0.3) is 0 Å². The Bertz CT molecular complexity index is 537. The first-order chi connectivity index (χ1) is 8.24. The average molecular weight is 229 g/mol. The molecule has 1 aromatic rings. The van der Waals surface area contributed by atoms with Gasteiger partial charge in [-0.2, -0.15) is 10.2 Å². The lowest BCUT2D eigenvalue weighted by molar-refractivity contribution is -0.123. The van der Waals surface area contributed by atoms with Crippen LogP contribution in [0.1, 0.15) is 17.4 Å². The van der Waals surface area contributed by atoms with Crippen molar-refractivity contribution in [3.05, 3.63) is 29.7 Å². The van der Waals surface area contributed by atoms with E-state index in [0.717, 1.165) is 11.4 Å². The second-order valence-electron chi connectivity index (χ2n) is 4.02. The molecule has 1 saturated heterocycles. The van der Waals surface area contributed by atoms with Crippen molar-refractivity contribution in [3.63, 3.8) is 0 Å². The van der Waals surface area contributed by atoms with Gasteiger partial charge in [0.1, 0.15) is 6.04 Å². The maximum absolute atomic E-state index is 11.8. The highest BCUT2D eigenvalue weighted by Gasteiger charge is 2.27. The summed E-state index contributed by atoms with van der Waals surface area (Å²) in [5, 5.41) is 13.9. The summed E-state index contributed by atoms with van der Waals surface area (Å²) < 4.78 is 0. The molecule has 3 heterocycles. The van der Waals surface area contributed by atoms with Crippen molar-refractivity contribution >= 4 is 17.8 Å². The molecule has 0 aliphatic carbocycles.